The first-order valence-corrected chi connectivity index (χ1v) is 34.0. The molecule has 4 saturated carbocycles. The number of carbonyl (C=O) groups is 1. The Labute approximate surface area is 551 Å². The summed E-state index contributed by atoms with van der Waals surface area (Å²) in [6.07, 6.45) is -38.2. The minimum Gasteiger partial charge on any atom is -0.432 e. The molecule has 6 heterocycles. The number of hydrogen-bond acceptors (Lipinski definition) is 30. The highest BCUT2D eigenvalue weighted by atomic mass is 16.8. The zero-order valence-electron chi connectivity index (χ0n) is 55.4. The topological polar surface area (TPSA) is 472 Å². The number of aliphatic hydroxyl groups is 17. The van der Waals surface area contributed by atoms with Crippen molar-refractivity contribution in [3.63, 3.8) is 0 Å². The smallest absolute Gasteiger partial charge is 0.315 e. The molecular formula is C65H106O30. The predicted molar refractivity (Wildman–Crippen MR) is 319 cm³/mol. The van der Waals surface area contributed by atoms with E-state index in [-0.39, 0.29) is 40.6 Å². The Hall–Kier alpha value is -1.91. The molecule has 5 aliphatic carbocycles. The number of hydrogen-bond donors (Lipinski definition) is 17. The number of aliphatic hydroxyl groups excluding tert-OH is 17. The maximum absolute atomic E-state index is 15.3. The van der Waals surface area contributed by atoms with Gasteiger partial charge in [0.15, 0.2) is 31.5 Å². The van der Waals surface area contributed by atoms with E-state index in [1.807, 2.05) is 0 Å². The zero-order valence-corrected chi connectivity index (χ0v) is 55.4. The van der Waals surface area contributed by atoms with Crippen LogP contribution in [0.5, 0.6) is 0 Å². The number of esters is 1. The van der Waals surface area contributed by atoms with Crippen LogP contribution in [-0.2, 0) is 61.6 Å². The van der Waals surface area contributed by atoms with Crippen molar-refractivity contribution in [1.82, 2.24) is 0 Å². The lowest BCUT2D eigenvalue weighted by Crippen LogP contribution is -2.66. The van der Waals surface area contributed by atoms with E-state index in [2.05, 4.69) is 54.5 Å². The van der Waals surface area contributed by atoms with Gasteiger partial charge in [-0.3, -0.25) is 4.79 Å². The number of fused-ring (bicyclic) bond motifs is 7. The molecule has 6 aliphatic heterocycles. The summed E-state index contributed by atoms with van der Waals surface area (Å²) in [5.74, 6) is -0.659. The minimum atomic E-state index is -1.91. The largest absolute Gasteiger partial charge is 0.432 e. The second kappa shape index (κ2) is 27.7. The molecule has 546 valence electrons. The summed E-state index contributed by atoms with van der Waals surface area (Å²) in [5, 5.41) is 184. The van der Waals surface area contributed by atoms with E-state index in [9.17, 15) is 86.8 Å². The summed E-state index contributed by atoms with van der Waals surface area (Å²) in [6, 6.07) is 0. The Morgan fingerprint density at radius 1 is 0.495 bits per heavy atom. The highest BCUT2D eigenvalue weighted by Gasteiger charge is 2.70. The Bertz CT molecular complexity index is 2670. The van der Waals surface area contributed by atoms with Crippen LogP contribution < -0.4 is 0 Å². The molecule has 0 aromatic rings. The third kappa shape index (κ3) is 13.0. The van der Waals surface area contributed by atoms with Crippen LogP contribution in [0.4, 0.5) is 0 Å². The third-order valence-corrected chi connectivity index (χ3v) is 25.1. The average molecular weight is 1370 g/mol. The molecule has 0 aromatic carbocycles. The fourth-order valence-electron chi connectivity index (χ4n) is 18.9. The molecule has 30 heteroatoms. The normalized spacial score (nSPS) is 54.6. The second-order valence-electron chi connectivity index (χ2n) is 31.5. The molecule has 0 radical (unpaired) electrons. The van der Waals surface area contributed by atoms with Crippen LogP contribution in [0.2, 0.25) is 0 Å². The lowest BCUT2D eigenvalue weighted by molar-refractivity contribution is -0.371. The standard InChI is InChI=1S/C65H106O30/c1-25-36(68)41(73)46(78)53(87-25)85-23-31-39(71)43(75)48(80)56(90-31)94-52-38(70)29(67)22-84-58(52)92-35-13-14-62(7)33(61(35,5)6)12-15-64(9)34(62)11-10-27-28-20-60(3,4)16-18-65(28,19-17-63(27,64)8)59(83)95-57-49(81)44(76)40(72)32(91-57)24-86-54-50(82)45(77)51(30(21-66)89-54)93-55-47(79)42(74)37(69)26(2)88-55/h10,25-26,28-58,66-82H,11-24H2,1-9H3. The monoisotopic (exact) mass is 1370 g/mol. The molecule has 10 fully saturated rings. The van der Waals surface area contributed by atoms with Gasteiger partial charge in [0.05, 0.1) is 50.2 Å². The summed E-state index contributed by atoms with van der Waals surface area (Å²) in [7, 11) is 0. The van der Waals surface area contributed by atoms with Crippen LogP contribution in [0, 0.1) is 50.2 Å². The number of allylic oxidation sites excluding steroid dienone is 2. The highest BCUT2D eigenvalue weighted by Crippen LogP contribution is 2.76. The van der Waals surface area contributed by atoms with Crippen LogP contribution in [-0.4, -0.2) is 303 Å². The third-order valence-electron chi connectivity index (χ3n) is 25.1. The Kier molecular flexibility index (Phi) is 21.7. The number of carbonyl (C=O) groups excluding carboxylic acids is 1. The lowest BCUT2D eigenvalue weighted by Gasteiger charge is -2.71. The van der Waals surface area contributed by atoms with Crippen LogP contribution in [0.15, 0.2) is 11.6 Å². The first-order chi connectivity index (χ1) is 44.5. The van der Waals surface area contributed by atoms with Gasteiger partial charge in [-0.15, -0.1) is 0 Å². The molecule has 95 heavy (non-hydrogen) atoms. The zero-order chi connectivity index (χ0) is 69.3. The average Bonchev–Trinajstić information content (AvgIpc) is 0.676. The SMILES string of the molecule is CC1OC(OCC2OC(OC3C(OC4CCC5(C)C(CCC6(C)C5CC=C5C7CC(C)(C)CCC7(C(=O)OC7OC(COC8OC(CO)C(OC9OC(C)C(O)C(O)C9O)C(O)C8O)C(O)C(O)C7O)CCC56C)C4(C)C)OCC(O)C3O)C(O)C(O)C2O)C(O)C(O)C1O. The molecule has 0 spiro atoms. The maximum atomic E-state index is 15.3. The van der Waals surface area contributed by atoms with Crippen molar-refractivity contribution in [1.29, 1.82) is 0 Å². The van der Waals surface area contributed by atoms with E-state index in [0.29, 0.717) is 44.9 Å². The molecule has 11 aliphatic rings. The van der Waals surface area contributed by atoms with Crippen molar-refractivity contribution < 1.29 is 148 Å². The van der Waals surface area contributed by atoms with Crippen molar-refractivity contribution in [3.05, 3.63) is 11.6 Å². The van der Waals surface area contributed by atoms with Crippen molar-refractivity contribution in [3.8, 4) is 0 Å². The fourth-order valence-corrected chi connectivity index (χ4v) is 18.9. The van der Waals surface area contributed by atoms with Gasteiger partial charge in [-0.25, -0.2) is 0 Å². The van der Waals surface area contributed by atoms with Crippen LogP contribution >= 0.6 is 0 Å². The Morgan fingerprint density at radius 2 is 1.00 bits per heavy atom. The first-order valence-electron chi connectivity index (χ1n) is 34.0. The molecule has 30 nitrogen and oxygen atoms in total. The Morgan fingerprint density at radius 3 is 1.61 bits per heavy atom. The minimum absolute atomic E-state index is 0.0894. The van der Waals surface area contributed by atoms with Gasteiger partial charge in [0.1, 0.15) is 128 Å². The first kappa shape index (κ1) is 74.3. The Balaban J connectivity index is 0.756. The van der Waals surface area contributed by atoms with Crippen molar-refractivity contribution in [2.75, 3.05) is 26.4 Å². The van der Waals surface area contributed by atoms with E-state index in [1.165, 1.54) is 19.4 Å². The van der Waals surface area contributed by atoms with Gasteiger partial charge in [-0.1, -0.05) is 60.1 Å². The van der Waals surface area contributed by atoms with Crippen molar-refractivity contribution >= 4 is 5.97 Å². The summed E-state index contributed by atoms with van der Waals surface area (Å²) in [6.45, 7) is 16.4. The molecule has 37 atom stereocenters. The van der Waals surface area contributed by atoms with Gasteiger partial charge in [0.2, 0.25) is 6.29 Å². The fraction of sp³-hybridized carbons (Fsp3) is 0.954. The molecule has 6 saturated heterocycles. The van der Waals surface area contributed by atoms with Gasteiger partial charge in [0, 0.05) is 0 Å². The molecular weight excluding hydrogens is 1260 g/mol. The quantitative estimate of drug-likeness (QED) is 0.0426. The van der Waals surface area contributed by atoms with E-state index < -0.39 is 226 Å². The van der Waals surface area contributed by atoms with Gasteiger partial charge in [-0.2, -0.15) is 0 Å². The van der Waals surface area contributed by atoms with Crippen LogP contribution in [0.1, 0.15) is 127 Å². The predicted octanol–water partition coefficient (Wildman–Crippen LogP) is -3.69. The van der Waals surface area contributed by atoms with Gasteiger partial charge in [0.25, 0.3) is 0 Å². The lowest BCUT2D eigenvalue weighted by atomic mass is 9.33. The summed E-state index contributed by atoms with van der Waals surface area (Å²) < 4.78 is 71.3. The van der Waals surface area contributed by atoms with Gasteiger partial charge in [-0.05, 0) is 123 Å². The molecule has 0 bridgehead atoms. The molecule has 17 N–H and O–H groups in total. The van der Waals surface area contributed by atoms with Gasteiger partial charge < -0.3 is 144 Å². The van der Waals surface area contributed by atoms with Gasteiger partial charge >= 0.3 is 5.97 Å². The van der Waals surface area contributed by atoms with E-state index in [1.54, 1.807) is 0 Å². The summed E-state index contributed by atoms with van der Waals surface area (Å²) >= 11 is 0. The van der Waals surface area contributed by atoms with E-state index in [4.69, 9.17) is 56.8 Å². The summed E-state index contributed by atoms with van der Waals surface area (Å²) in [5.41, 5.74) is -1.51. The van der Waals surface area contributed by atoms with Crippen LogP contribution in [0.3, 0.4) is 0 Å². The van der Waals surface area contributed by atoms with Crippen LogP contribution in [0.25, 0.3) is 0 Å². The molecule has 0 aromatic heterocycles. The number of rotatable bonds is 15. The summed E-state index contributed by atoms with van der Waals surface area (Å²) in [4.78, 5) is 15.3. The molecule has 37 unspecified atom stereocenters. The highest BCUT2D eigenvalue weighted by molar-refractivity contribution is 5.79. The molecule has 11 rings (SSSR count). The van der Waals surface area contributed by atoms with E-state index in [0.717, 1.165) is 19.3 Å². The van der Waals surface area contributed by atoms with Crippen molar-refractivity contribution in [2.24, 2.45) is 50.2 Å². The van der Waals surface area contributed by atoms with Crippen molar-refractivity contribution in [2.45, 2.75) is 311 Å². The van der Waals surface area contributed by atoms with E-state index >= 15 is 4.79 Å². The number of ether oxygens (including phenoxy) is 12. The maximum Gasteiger partial charge on any atom is 0.315 e. The molecule has 0 amide bonds. The second-order valence-corrected chi connectivity index (χ2v) is 31.5.